The van der Waals surface area contributed by atoms with E-state index >= 15 is 0 Å². The molecule has 2 aromatic carbocycles. The van der Waals surface area contributed by atoms with Gasteiger partial charge in [-0.3, -0.25) is 9.78 Å². The first-order chi connectivity index (χ1) is 17.4. The number of hydrogen-bond acceptors (Lipinski definition) is 4. The molecule has 5 nitrogen and oxygen atoms in total. The summed E-state index contributed by atoms with van der Waals surface area (Å²) in [4.78, 5) is 22.9. The van der Waals surface area contributed by atoms with Crippen molar-refractivity contribution in [2.75, 3.05) is 6.61 Å². The molecule has 0 saturated carbocycles. The fourth-order valence-corrected chi connectivity index (χ4v) is 4.89. The topological polar surface area (TPSA) is 56.5 Å². The summed E-state index contributed by atoms with van der Waals surface area (Å²) in [6.07, 6.45) is 2.70. The minimum Gasteiger partial charge on any atom is -0.475 e. The summed E-state index contributed by atoms with van der Waals surface area (Å²) < 4.78 is 21.4. The summed E-state index contributed by atoms with van der Waals surface area (Å²) in [6.45, 7) is 7.40. The van der Waals surface area contributed by atoms with Crippen molar-refractivity contribution in [2.45, 2.75) is 52.1 Å². The van der Waals surface area contributed by atoms with E-state index in [4.69, 9.17) is 4.74 Å². The molecule has 0 radical (unpaired) electrons. The van der Waals surface area contributed by atoms with Crippen LogP contribution in [-0.2, 0) is 17.7 Å². The Labute approximate surface area is 210 Å². The second-order valence-corrected chi connectivity index (χ2v) is 9.70. The summed E-state index contributed by atoms with van der Waals surface area (Å²) in [7, 11) is 0. The smallest absolute Gasteiger partial charge is 0.216 e. The van der Waals surface area contributed by atoms with Gasteiger partial charge in [0.1, 0.15) is 12.4 Å². The van der Waals surface area contributed by atoms with E-state index in [1.165, 1.54) is 12.1 Å². The van der Waals surface area contributed by atoms with Crippen LogP contribution in [0.5, 0.6) is 0 Å². The monoisotopic (exact) mass is 483 g/mol. The number of rotatable bonds is 8. The summed E-state index contributed by atoms with van der Waals surface area (Å²) in [5.41, 5.74) is 5.51. The Kier molecular flexibility index (Phi) is 6.68. The van der Waals surface area contributed by atoms with Crippen LogP contribution in [0, 0.1) is 5.82 Å². The van der Waals surface area contributed by atoms with Crippen molar-refractivity contribution < 1.29 is 13.9 Å². The van der Waals surface area contributed by atoms with E-state index in [1.54, 1.807) is 18.3 Å². The number of halogens is 1. The number of pyridine rings is 1. The summed E-state index contributed by atoms with van der Waals surface area (Å²) >= 11 is 0. The lowest BCUT2D eigenvalue weighted by Crippen LogP contribution is -2.11. The average Bonchev–Trinajstić information content (AvgIpc) is 3.45. The number of ether oxygens (including phenoxy) is 1. The molecule has 6 heteroatoms. The Morgan fingerprint density at radius 3 is 2.61 bits per heavy atom. The van der Waals surface area contributed by atoms with Crippen LogP contribution in [0.1, 0.15) is 66.0 Å². The standard InChI is InChI=1S/C30H30FN3O2/c1-19(2)29-28(27(35)14-9-21-7-11-23(31)12-8-21)25-13-10-22(30-33-20(3)18-36-30)16-26(25)34(29)17-24-6-4-5-15-32-24/h4-8,10-13,15-16,19-20H,9,14,17-18H2,1-3H3/t20-/m0/s1. The number of hydrogen-bond donors (Lipinski definition) is 0. The van der Waals surface area contributed by atoms with Crippen molar-refractivity contribution >= 4 is 22.6 Å². The third-order valence-corrected chi connectivity index (χ3v) is 6.58. The number of aryl methyl sites for hydroxylation is 1. The minimum atomic E-state index is -0.272. The molecule has 184 valence electrons. The molecule has 1 aliphatic rings. The fraction of sp³-hybridized carbons (Fsp3) is 0.300. The predicted molar refractivity (Wildman–Crippen MR) is 140 cm³/mol. The van der Waals surface area contributed by atoms with E-state index < -0.39 is 0 Å². The van der Waals surface area contributed by atoms with Crippen LogP contribution in [0.4, 0.5) is 4.39 Å². The molecule has 0 bridgehead atoms. The maximum atomic E-state index is 13.7. The van der Waals surface area contributed by atoms with Crippen molar-refractivity contribution in [3.63, 3.8) is 0 Å². The molecular formula is C30H30FN3O2. The summed E-state index contributed by atoms with van der Waals surface area (Å²) in [5.74, 6) is 0.578. The molecule has 0 aliphatic carbocycles. The number of benzene rings is 2. The van der Waals surface area contributed by atoms with Crippen LogP contribution in [0.2, 0.25) is 0 Å². The molecule has 0 fully saturated rings. The number of Topliss-reactive ketones (excluding diaryl/α,β-unsaturated/α-hetero) is 1. The van der Waals surface area contributed by atoms with Crippen LogP contribution >= 0.6 is 0 Å². The van der Waals surface area contributed by atoms with Crippen LogP contribution in [0.15, 0.2) is 71.9 Å². The lowest BCUT2D eigenvalue weighted by Gasteiger charge is -2.15. The molecule has 1 aliphatic heterocycles. The van der Waals surface area contributed by atoms with E-state index in [2.05, 4.69) is 34.5 Å². The minimum absolute atomic E-state index is 0.0867. The maximum absolute atomic E-state index is 13.7. The third-order valence-electron chi connectivity index (χ3n) is 6.58. The molecule has 5 rings (SSSR count). The molecule has 0 unspecified atom stereocenters. The highest BCUT2D eigenvalue weighted by Crippen LogP contribution is 2.34. The molecular weight excluding hydrogens is 453 g/mol. The van der Waals surface area contributed by atoms with Gasteiger partial charge in [-0.15, -0.1) is 0 Å². The van der Waals surface area contributed by atoms with Crippen molar-refractivity contribution in [3.05, 3.63) is 101 Å². The first kappa shape index (κ1) is 23.9. The van der Waals surface area contributed by atoms with Gasteiger partial charge in [-0.2, -0.15) is 0 Å². The molecule has 0 amide bonds. The Bertz CT molecular complexity index is 1420. The molecule has 2 aromatic heterocycles. The summed E-state index contributed by atoms with van der Waals surface area (Å²) in [6, 6.07) is 18.5. The van der Waals surface area contributed by atoms with Crippen LogP contribution < -0.4 is 0 Å². The molecule has 0 spiro atoms. The third kappa shape index (κ3) is 4.81. The van der Waals surface area contributed by atoms with Gasteiger partial charge in [0.25, 0.3) is 0 Å². The zero-order valence-corrected chi connectivity index (χ0v) is 20.9. The van der Waals surface area contributed by atoms with E-state index in [-0.39, 0.29) is 23.6 Å². The van der Waals surface area contributed by atoms with Crippen LogP contribution in [0.3, 0.4) is 0 Å². The number of aromatic nitrogens is 2. The van der Waals surface area contributed by atoms with E-state index in [1.807, 2.05) is 37.3 Å². The Balaban J connectivity index is 1.60. The van der Waals surface area contributed by atoms with Gasteiger partial charge in [0.15, 0.2) is 5.78 Å². The zero-order valence-electron chi connectivity index (χ0n) is 20.9. The molecule has 4 aromatic rings. The Morgan fingerprint density at radius 2 is 1.94 bits per heavy atom. The lowest BCUT2D eigenvalue weighted by atomic mass is 9.96. The molecule has 0 saturated heterocycles. The van der Waals surface area contributed by atoms with Gasteiger partial charge in [-0.25, -0.2) is 9.38 Å². The van der Waals surface area contributed by atoms with Gasteiger partial charge in [0.2, 0.25) is 5.90 Å². The second kappa shape index (κ2) is 10.1. The number of carbonyl (C=O) groups is 1. The molecule has 1 atom stereocenters. The molecule has 0 N–H and O–H groups in total. The summed E-state index contributed by atoms with van der Waals surface area (Å²) in [5, 5.41) is 0.925. The largest absolute Gasteiger partial charge is 0.475 e. The Morgan fingerprint density at radius 1 is 1.14 bits per heavy atom. The van der Waals surface area contributed by atoms with Gasteiger partial charge in [0, 0.05) is 34.8 Å². The second-order valence-electron chi connectivity index (χ2n) is 9.70. The maximum Gasteiger partial charge on any atom is 0.216 e. The van der Waals surface area contributed by atoms with Gasteiger partial charge in [-0.1, -0.05) is 38.1 Å². The van der Waals surface area contributed by atoms with Gasteiger partial charge in [-0.05, 0) is 61.2 Å². The number of ketones is 1. The average molecular weight is 484 g/mol. The van der Waals surface area contributed by atoms with Crippen molar-refractivity contribution in [1.82, 2.24) is 9.55 Å². The van der Waals surface area contributed by atoms with Crippen molar-refractivity contribution in [1.29, 1.82) is 0 Å². The highest BCUT2D eigenvalue weighted by atomic mass is 19.1. The number of carbonyl (C=O) groups excluding carboxylic acids is 1. The van der Waals surface area contributed by atoms with Gasteiger partial charge in [0.05, 0.1) is 23.8 Å². The number of fused-ring (bicyclic) bond motifs is 1. The van der Waals surface area contributed by atoms with Gasteiger partial charge < -0.3 is 9.30 Å². The van der Waals surface area contributed by atoms with Crippen LogP contribution in [0.25, 0.3) is 10.9 Å². The predicted octanol–water partition coefficient (Wildman–Crippen LogP) is 6.33. The zero-order chi connectivity index (χ0) is 25.2. The first-order valence-corrected chi connectivity index (χ1v) is 12.5. The number of aliphatic imine (C=N–C) groups is 1. The Hall–Kier alpha value is -3.80. The molecule has 3 heterocycles. The van der Waals surface area contributed by atoms with E-state index in [0.717, 1.165) is 39.0 Å². The van der Waals surface area contributed by atoms with Crippen molar-refractivity contribution in [2.24, 2.45) is 4.99 Å². The van der Waals surface area contributed by atoms with E-state index in [0.29, 0.717) is 31.9 Å². The lowest BCUT2D eigenvalue weighted by molar-refractivity contribution is 0.0983. The van der Waals surface area contributed by atoms with Gasteiger partial charge >= 0.3 is 0 Å². The highest BCUT2D eigenvalue weighted by Gasteiger charge is 2.26. The molecule has 36 heavy (non-hydrogen) atoms. The normalized spacial score (nSPS) is 15.4. The fourth-order valence-electron chi connectivity index (χ4n) is 4.89. The van der Waals surface area contributed by atoms with E-state index in [9.17, 15) is 9.18 Å². The van der Waals surface area contributed by atoms with Crippen molar-refractivity contribution in [3.8, 4) is 0 Å². The SMILES string of the molecule is CC(C)c1c(C(=O)CCc2ccc(F)cc2)c2ccc(C3=N[C@@H](C)CO3)cc2n1Cc1ccccn1. The first-order valence-electron chi connectivity index (χ1n) is 12.5. The highest BCUT2D eigenvalue weighted by molar-refractivity contribution is 6.11. The van der Waals surface area contributed by atoms with Crippen LogP contribution in [-0.4, -0.2) is 33.9 Å². The quantitative estimate of drug-likeness (QED) is 0.275. The number of nitrogens with zero attached hydrogens (tertiary/aromatic N) is 3.